The van der Waals surface area contributed by atoms with Gasteiger partial charge in [-0.25, -0.2) is 14.2 Å². The molecule has 156 valence electrons. The fourth-order valence-corrected chi connectivity index (χ4v) is 4.15. The molecule has 0 bridgehead atoms. The fraction of sp³-hybridized carbons (Fsp3) is 0.476. The minimum Gasteiger partial charge on any atom is -0.348 e. The van der Waals surface area contributed by atoms with Crippen LogP contribution in [-0.4, -0.2) is 33.9 Å². The van der Waals surface area contributed by atoms with E-state index < -0.39 is 11.8 Å². The van der Waals surface area contributed by atoms with Crippen molar-refractivity contribution in [1.29, 1.82) is 0 Å². The Balaban J connectivity index is 1.62. The van der Waals surface area contributed by atoms with Gasteiger partial charge in [0.25, 0.3) is 5.91 Å². The summed E-state index contributed by atoms with van der Waals surface area (Å²) in [5.74, 6) is -0.647. The van der Waals surface area contributed by atoms with E-state index in [2.05, 4.69) is 15.6 Å². The van der Waals surface area contributed by atoms with E-state index in [4.69, 9.17) is 0 Å². The summed E-state index contributed by atoms with van der Waals surface area (Å²) in [4.78, 5) is 31.1. The first kappa shape index (κ1) is 21.2. The second-order valence-corrected chi connectivity index (χ2v) is 8.51. The zero-order valence-corrected chi connectivity index (χ0v) is 17.6. The lowest BCUT2D eigenvalue weighted by Gasteiger charge is -2.26. The number of aromatic nitrogens is 1. The number of carbonyl (C=O) groups excluding carboxylic acids is 2. The highest BCUT2D eigenvalue weighted by Crippen LogP contribution is 2.20. The van der Waals surface area contributed by atoms with E-state index in [1.165, 1.54) is 29.9 Å². The fourth-order valence-electron chi connectivity index (χ4n) is 3.38. The molecule has 2 aromatic rings. The first-order chi connectivity index (χ1) is 13.9. The summed E-state index contributed by atoms with van der Waals surface area (Å²) < 4.78 is 13.8. The Kier molecular flexibility index (Phi) is 7.19. The van der Waals surface area contributed by atoms with Crippen LogP contribution in [-0.2, 0) is 6.54 Å². The van der Waals surface area contributed by atoms with E-state index in [1.54, 1.807) is 22.4 Å². The highest BCUT2D eigenvalue weighted by Gasteiger charge is 2.22. The molecule has 6 nitrogen and oxygen atoms in total. The van der Waals surface area contributed by atoms with Crippen LogP contribution in [0.3, 0.4) is 0 Å². The molecule has 0 aliphatic heterocycles. The summed E-state index contributed by atoms with van der Waals surface area (Å²) in [5, 5.41) is 8.05. The van der Waals surface area contributed by atoms with Gasteiger partial charge in [0.1, 0.15) is 16.5 Å². The van der Waals surface area contributed by atoms with Crippen molar-refractivity contribution in [2.24, 2.45) is 0 Å². The van der Waals surface area contributed by atoms with Crippen LogP contribution in [0.15, 0.2) is 29.6 Å². The molecule has 3 rings (SSSR count). The maximum Gasteiger partial charge on any atom is 0.322 e. The third kappa shape index (κ3) is 5.76. The number of halogens is 1. The van der Waals surface area contributed by atoms with E-state index in [-0.39, 0.29) is 30.2 Å². The summed E-state index contributed by atoms with van der Waals surface area (Å²) in [6.07, 6.45) is 5.55. The Morgan fingerprint density at radius 3 is 2.66 bits per heavy atom. The summed E-state index contributed by atoms with van der Waals surface area (Å²) in [6.45, 7) is 4.01. The zero-order valence-electron chi connectivity index (χ0n) is 16.8. The van der Waals surface area contributed by atoms with E-state index in [9.17, 15) is 14.0 Å². The van der Waals surface area contributed by atoms with Crippen LogP contribution >= 0.6 is 11.3 Å². The Labute approximate surface area is 174 Å². The number of urea groups is 1. The van der Waals surface area contributed by atoms with Crippen LogP contribution < -0.4 is 10.6 Å². The number of nitrogens with one attached hydrogen (secondary N) is 2. The first-order valence-electron chi connectivity index (χ1n) is 10.0. The lowest BCUT2D eigenvalue weighted by atomic mass is 9.95. The average molecular weight is 419 g/mol. The van der Waals surface area contributed by atoms with Gasteiger partial charge < -0.3 is 15.5 Å². The molecule has 1 aliphatic rings. The van der Waals surface area contributed by atoms with Gasteiger partial charge in [0.2, 0.25) is 0 Å². The van der Waals surface area contributed by atoms with E-state index in [1.807, 2.05) is 13.8 Å². The van der Waals surface area contributed by atoms with Crippen LogP contribution in [0.4, 0.5) is 14.9 Å². The van der Waals surface area contributed by atoms with Gasteiger partial charge in [0, 0.05) is 17.5 Å². The van der Waals surface area contributed by atoms with Crippen LogP contribution in [0.25, 0.3) is 0 Å². The molecular formula is C21H27FN4O2S. The second kappa shape index (κ2) is 9.82. The molecule has 0 spiro atoms. The van der Waals surface area contributed by atoms with Crippen LogP contribution in [0.2, 0.25) is 0 Å². The highest BCUT2D eigenvalue weighted by molar-refractivity contribution is 7.09. The lowest BCUT2D eigenvalue weighted by molar-refractivity contribution is 0.0923. The molecule has 0 atom stereocenters. The van der Waals surface area contributed by atoms with Crippen LogP contribution in [0.5, 0.6) is 0 Å². The molecule has 1 heterocycles. The molecule has 0 radical (unpaired) electrons. The van der Waals surface area contributed by atoms with Gasteiger partial charge in [0.15, 0.2) is 0 Å². The maximum absolute atomic E-state index is 13.8. The molecule has 0 unspecified atom stereocenters. The van der Waals surface area contributed by atoms with Crippen LogP contribution in [0.1, 0.15) is 61.4 Å². The lowest BCUT2D eigenvalue weighted by Crippen LogP contribution is -2.39. The van der Waals surface area contributed by atoms with Crippen molar-refractivity contribution in [3.05, 3.63) is 46.2 Å². The molecule has 1 fully saturated rings. The SMILES string of the molecule is CC(C)N(Cc1nc(C(=O)NC2CCCCC2)cs1)C(=O)Nc1ccccc1F. The molecule has 8 heteroatoms. The van der Waals surface area contributed by atoms with Crippen molar-refractivity contribution in [3.8, 4) is 0 Å². The highest BCUT2D eigenvalue weighted by atomic mass is 32.1. The molecule has 2 N–H and O–H groups in total. The molecule has 0 saturated heterocycles. The maximum atomic E-state index is 13.8. The number of nitrogens with zero attached hydrogens (tertiary/aromatic N) is 2. The summed E-state index contributed by atoms with van der Waals surface area (Å²) in [7, 11) is 0. The normalized spacial score (nSPS) is 14.6. The minimum absolute atomic E-state index is 0.120. The number of benzene rings is 1. The third-order valence-electron chi connectivity index (χ3n) is 5.03. The predicted molar refractivity (Wildman–Crippen MR) is 113 cm³/mol. The van der Waals surface area contributed by atoms with Crippen molar-refractivity contribution < 1.29 is 14.0 Å². The minimum atomic E-state index is -0.486. The number of anilines is 1. The first-order valence-corrected chi connectivity index (χ1v) is 10.9. The molecule has 1 aliphatic carbocycles. The van der Waals surface area contributed by atoms with E-state index in [0.717, 1.165) is 25.7 Å². The van der Waals surface area contributed by atoms with Crippen LogP contribution in [0, 0.1) is 5.82 Å². The van der Waals surface area contributed by atoms with E-state index >= 15 is 0 Å². The average Bonchev–Trinajstić information content (AvgIpc) is 3.17. The molecule has 29 heavy (non-hydrogen) atoms. The number of rotatable bonds is 6. The van der Waals surface area contributed by atoms with Crippen molar-refractivity contribution in [2.45, 2.75) is 64.6 Å². The molecular weight excluding hydrogens is 391 g/mol. The van der Waals surface area contributed by atoms with Crippen molar-refractivity contribution in [2.75, 3.05) is 5.32 Å². The third-order valence-corrected chi connectivity index (χ3v) is 5.86. The van der Waals surface area contributed by atoms with Crippen molar-refractivity contribution in [1.82, 2.24) is 15.2 Å². The molecule has 3 amide bonds. The Morgan fingerprint density at radius 1 is 1.24 bits per heavy atom. The van der Waals surface area contributed by atoms with Gasteiger partial charge in [-0.3, -0.25) is 4.79 Å². The van der Waals surface area contributed by atoms with Gasteiger partial charge in [-0.1, -0.05) is 31.4 Å². The molecule has 1 saturated carbocycles. The van der Waals surface area contributed by atoms with E-state index in [0.29, 0.717) is 10.7 Å². The second-order valence-electron chi connectivity index (χ2n) is 7.57. The predicted octanol–water partition coefficient (Wildman–Crippen LogP) is 4.79. The number of amides is 3. The van der Waals surface area contributed by atoms with Gasteiger partial charge >= 0.3 is 6.03 Å². The zero-order chi connectivity index (χ0) is 20.8. The number of para-hydroxylation sites is 1. The number of carbonyl (C=O) groups is 2. The smallest absolute Gasteiger partial charge is 0.322 e. The number of hydrogen-bond donors (Lipinski definition) is 2. The van der Waals surface area contributed by atoms with Crippen molar-refractivity contribution in [3.63, 3.8) is 0 Å². The summed E-state index contributed by atoms with van der Waals surface area (Å²) in [5.41, 5.74) is 0.517. The molecule has 1 aromatic carbocycles. The van der Waals surface area contributed by atoms with Crippen molar-refractivity contribution >= 4 is 29.0 Å². The quantitative estimate of drug-likeness (QED) is 0.708. The van der Waals surface area contributed by atoms with Gasteiger partial charge in [-0.2, -0.15) is 0 Å². The Bertz CT molecular complexity index is 849. The Morgan fingerprint density at radius 2 is 1.97 bits per heavy atom. The van der Waals surface area contributed by atoms with Gasteiger partial charge in [0.05, 0.1) is 12.2 Å². The largest absolute Gasteiger partial charge is 0.348 e. The summed E-state index contributed by atoms with van der Waals surface area (Å²) in [6, 6.07) is 5.74. The number of hydrogen-bond acceptors (Lipinski definition) is 4. The van der Waals surface area contributed by atoms with Gasteiger partial charge in [-0.15, -0.1) is 11.3 Å². The Hall–Kier alpha value is -2.48. The number of thiazole rings is 1. The molecule has 1 aromatic heterocycles. The summed E-state index contributed by atoms with van der Waals surface area (Å²) >= 11 is 1.34. The topological polar surface area (TPSA) is 74.3 Å². The standard InChI is InChI=1S/C21H27FN4O2S/c1-14(2)26(21(28)25-17-11-7-6-10-16(17)22)12-19-24-18(13-29-19)20(27)23-15-8-4-3-5-9-15/h6-7,10-11,13-15H,3-5,8-9,12H2,1-2H3,(H,23,27)(H,25,28). The van der Waals surface area contributed by atoms with Gasteiger partial charge in [-0.05, 0) is 38.8 Å². The monoisotopic (exact) mass is 418 g/mol.